The van der Waals surface area contributed by atoms with Crippen LogP contribution in [0.3, 0.4) is 0 Å². The van der Waals surface area contributed by atoms with E-state index in [1.54, 1.807) is 6.20 Å². The third-order valence-electron chi connectivity index (χ3n) is 3.95. The van der Waals surface area contributed by atoms with E-state index < -0.39 is 5.91 Å². The van der Waals surface area contributed by atoms with Crippen LogP contribution in [0, 0.1) is 6.92 Å². The lowest BCUT2D eigenvalue weighted by Crippen LogP contribution is -2.17. The van der Waals surface area contributed by atoms with Crippen LogP contribution >= 0.6 is 0 Å². The van der Waals surface area contributed by atoms with Gasteiger partial charge < -0.3 is 11.5 Å². The van der Waals surface area contributed by atoms with Crippen molar-refractivity contribution in [2.24, 2.45) is 5.73 Å². The van der Waals surface area contributed by atoms with E-state index in [9.17, 15) is 4.79 Å². The molecule has 6 nitrogen and oxygen atoms in total. The van der Waals surface area contributed by atoms with Gasteiger partial charge in [-0.25, -0.2) is 4.98 Å². The molecule has 3 aromatic rings. The van der Waals surface area contributed by atoms with Crippen molar-refractivity contribution in [1.29, 1.82) is 0 Å². The number of anilines is 1. The normalized spacial score (nSPS) is 11.0. The van der Waals surface area contributed by atoms with Crippen LogP contribution in [0.5, 0.6) is 0 Å². The third-order valence-corrected chi connectivity index (χ3v) is 3.95. The molecule has 23 heavy (non-hydrogen) atoms. The van der Waals surface area contributed by atoms with E-state index in [1.165, 1.54) is 0 Å². The number of fused-ring (bicyclic) bond motifs is 1. The highest BCUT2D eigenvalue weighted by atomic mass is 16.1. The Morgan fingerprint density at radius 3 is 2.83 bits per heavy atom. The molecule has 2 heterocycles. The van der Waals surface area contributed by atoms with Gasteiger partial charge in [-0.1, -0.05) is 19.4 Å². The number of H-pyrrole nitrogens is 1. The molecule has 0 unspecified atom stereocenters. The molecular formula is C17H19N5O. The molecule has 0 saturated heterocycles. The minimum absolute atomic E-state index is 0.130. The number of nitrogen functional groups attached to an aromatic ring is 1. The summed E-state index contributed by atoms with van der Waals surface area (Å²) in [6, 6.07) is 5.92. The van der Waals surface area contributed by atoms with Crippen molar-refractivity contribution in [2.75, 3.05) is 5.73 Å². The SMILES string of the molecule is CCCc1cc(-c2c(C)ccc3[nH]ncc23)c(N)c(C(N)=O)n1. The summed E-state index contributed by atoms with van der Waals surface area (Å²) in [5, 5.41) is 8.02. The Morgan fingerprint density at radius 1 is 1.35 bits per heavy atom. The minimum atomic E-state index is -0.612. The number of aryl methyl sites for hydroxylation is 2. The standard InChI is InChI=1S/C17H19N5O/c1-3-4-10-7-11(15(18)16(21-10)17(19)23)14-9(2)5-6-13-12(14)8-20-22-13/h5-8H,3-4,18H2,1-2H3,(H2,19,23)(H,20,22). The highest BCUT2D eigenvalue weighted by molar-refractivity contribution is 6.04. The van der Waals surface area contributed by atoms with E-state index in [4.69, 9.17) is 11.5 Å². The van der Waals surface area contributed by atoms with Gasteiger partial charge in [0.1, 0.15) is 0 Å². The van der Waals surface area contributed by atoms with E-state index >= 15 is 0 Å². The summed E-state index contributed by atoms with van der Waals surface area (Å²) in [4.78, 5) is 16.0. The Kier molecular flexibility index (Phi) is 3.73. The number of carbonyl (C=O) groups excluding carboxylic acids is 1. The molecule has 1 aromatic carbocycles. The molecule has 0 fully saturated rings. The molecule has 118 valence electrons. The van der Waals surface area contributed by atoms with Crippen molar-refractivity contribution in [2.45, 2.75) is 26.7 Å². The van der Waals surface area contributed by atoms with Crippen LogP contribution < -0.4 is 11.5 Å². The first-order valence-electron chi connectivity index (χ1n) is 7.55. The maximum atomic E-state index is 11.7. The van der Waals surface area contributed by atoms with Gasteiger partial charge in [0.25, 0.3) is 5.91 Å². The molecule has 0 bridgehead atoms. The molecular weight excluding hydrogens is 290 g/mol. The van der Waals surface area contributed by atoms with Crippen LogP contribution in [0.1, 0.15) is 35.1 Å². The lowest BCUT2D eigenvalue weighted by atomic mass is 9.94. The predicted molar refractivity (Wildman–Crippen MR) is 91.0 cm³/mol. The van der Waals surface area contributed by atoms with Crippen LogP contribution in [-0.4, -0.2) is 21.1 Å². The van der Waals surface area contributed by atoms with Crippen molar-refractivity contribution in [3.8, 4) is 11.1 Å². The molecule has 0 aliphatic rings. The molecule has 0 aliphatic heterocycles. The number of nitrogens with one attached hydrogen (secondary N) is 1. The number of hydrogen-bond donors (Lipinski definition) is 3. The van der Waals surface area contributed by atoms with Crippen molar-refractivity contribution in [3.63, 3.8) is 0 Å². The molecule has 3 rings (SSSR count). The Labute approximate surface area is 133 Å². The molecule has 2 aromatic heterocycles. The van der Waals surface area contributed by atoms with Crippen molar-refractivity contribution in [3.05, 3.63) is 41.3 Å². The highest BCUT2D eigenvalue weighted by Crippen LogP contribution is 2.36. The fraction of sp³-hybridized carbons (Fsp3) is 0.235. The highest BCUT2D eigenvalue weighted by Gasteiger charge is 2.18. The van der Waals surface area contributed by atoms with Gasteiger partial charge in [0.05, 0.1) is 17.4 Å². The molecule has 0 atom stereocenters. The number of benzene rings is 1. The molecule has 6 heteroatoms. The first-order chi connectivity index (χ1) is 11.0. The summed E-state index contributed by atoms with van der Waals surface area (Å²) in [7, 11) is 0. The fourth-order valence-electron chi connectivity index (χ4n) is 2.87. The van der Waals surface area contributed by atoms with E-state index in [1.807, 2.05) is 25.1 Å². The smallest absolute Gasteiger partial charge is 0.269 e. The zero-order valence-corrected chi connectivity index (χ0v) is 13.2. The van der Waals surface area contributed by atoms with Gasteiger partial charge >= 0.3 is 0 Å². The van der Waals surface area contributed by atoms with E-state index in [2.05, 4.69) is 22.1 Å². The van der Waals surface area contributed by atoms with Crippen molar-refractivity contribution in [1.82, 2.24) is 15.2 Å². The number of amides is 1. The zero-order chi connectivity index (χ0) is 16.6. The number of rotatable bonds is 4. The summed E-state index contributed by atoms with van der Waals surface area (Å²) in [5.41, 5.74) is 16.6. The summed E-state index contributed by atoms with van der Waals surface area (Å²) in [6.07, 6.45) is 3.44. The maximum Gasteiger partial charge on any atom is 0.269 e. The number of hydrogen-bond acceptors (Lipinski definition) is 4. The van der Waals surface area contributed by atoms with E-state index in [-0.39, 0.29) is 5.69 Å². The second kappa shape index (κ2) is 5.72. The largest absolute Gasteiger partial charge is 0.396 e. The van der Waals surface area contributed by atoms with Crippen LogP contribution in [0.25, 0.3) is 22.0 Å². The number of carbonyl (C=O) groups is 1. The van der Waals surface area contributed by atoms with Gasteiger partial charge in [-0.2, -0.15) is 5.10 Å². The van der Waals surface area contributed by atoms with Gasteiger partial charge in [-0.3, -0.25) is 9.89 Å². The Morgan fingerprint density at radius 2 is 2.13 bits per heavy atom. The zero-order valence-electron chi connectivity index (χ0n) is 13.2. The van der Waals surface area contributed by atoms with Crippen LogP contribution in [-0.2, 0) is 6.42 Å². The molecule has 1 amide bonds. The Bertz CT molecular complexity index is 897. The molecule has 0 radical (unpaired) electrons. The average molecular weight is 309 g/mol. The lowest BCUT2D eigenvalue weighted by molar-refractivity contribution is 0.0996. The van der Waals surface area contributed by atoms with Gasteiger partial charge in [-0.05, 0) is 36.6 Å². The summed E-state index contributed by atoms with van der Waals surface area (Å²) < 4.78 is 0. The monoisotopic (exact) mass is 309 g/mol. The van der Waals surface area contributed by atoms with Crippen molar-refractivity contribution >= 4 is 22.5 Å². The van der Waals surface area contributed by atoms with Gasteiger partial charge in [0.2, 0.25) is 0 Å². The van der Waals surface area contributed by atoms with Crippen LogP contribution in [0.15, 0.2) is 24.4 Å². The second-order valence-electron chi connectivity index (χ2n) is 5.63. The quantitative estimate of drug-likeness (QED) is 0.687. The minimum Gasteiger partial charge on any atom is -0.396 e. The number of nitrogens with two attached hydrogens (primary N) is 2. The third kappa shape index (κ3) is 2.52. The number of aromatic amines is 1. The predicted octanol–water partition coefficient (Wildman–Crippen LogP) is 2.57. The first-order valence-corrected chi connectivity index (χ1v) is 7.55. The number of primary amides is 1. The molecule has 0 saturated carbocycles. The Hall–Kier alpha value is -2.89. The average Bonchev–Trinajstić information content (AvgIpc) is 2.97. The van der Waals surface area contributed by atoms with Gasteiger partial charge in [0.15, 0.2) is 5.69 Å². The summed E-state index contributed by atoms with van der Waals surface area (Å²) in [5.74, 6) is -0.612. The van der Waals surface area contributed by atoms with Gasteiger partial charge in [-0.15, -0.1) is 0 Å². The van der Waals surface area contributed by atoms with E-state index in [0.717, 1.165) is 46.1 Å². The molecule has 0 aliphatic carbocycles. The number of aromatic nitrogens is 3. The Balaban J connectivity index is 2.35. The topological polar surface area (TPSA) is 111 Å². The maximum absolute atomic E-state index is 11.7. The number of pyridine rings is 1. The first kappa shape index (κ1) is 15.0. The number of nitrogens with zero attached hydrogens (tertiary/aromatic N) is 2. The molecule has 5 N–H and O–H groups in total. The van der Waals surface area contributed by atoms with Crippen molar-refractivity contribution < 1.29 is 4.79 Å². The lowest BCUT2D eigenvalue weighted by Gasteiger charge is -2.14. The molecule has 0 spiro atoms. The summed E-state index contributed by atoms with van der Waals surface area (Å²) in [6.45, 7) is 4.06. The van der Waals surface area contributed by atoms with E-state index in [0.29, 0.717) is 5.69 Å². The second-order valence-corrected chi connectivity index (χ2v) is 5.63. The van der Waals surface area contributed by atoms with Crippen LogP contribution in [0.2, 0.25) is 0 Å². The van der Waals surface area contributed by atoms with Gasteiger partial charge in [0, 0.05) is 16.6 Å². The fourth-order valence-corrected chi connectivity index (χ4v) is 2.87. The van der Waals surface area contributed by atoms with Crippen LogP contribution in [0.4, 0.5) is 5.69 Å². The summed E-state index contributed by atoms with van der Waals surface area (Å²) >= 11 is 0.